The third-order valence-electron chi connectivity index (χ3n) is 16.4. The van der Waals surface area contributed by atoms with Crippen molar-refractivity contribution >= 4 is 11.8 Å². The van der Waals surface area contributed by atoms with Gasteiger partial charge in [0.15, 0.2) is 12.1 Å². The molecule has 6 N–H and O–H groups in total. The number of fused-ring (bicyclic) bond motifs is 7. The van der Waals surface area contributed by atoms with Crippen LogP contribution in [0.1, 0.15) is 120 Å². The Morgan fingerprint density at radius 2 is 1.55 bits per heavy atom. The molecule has 6 rings (SSSR count). The van der Waals surface area contributed by atoms with E-state index in [9.17, 15) is 40.2 Å². The zero-order valence-corrected chi connectivity index (χ0v) is 30.8. The van der Waals surface area contributed by atoms with E-state index in [4.69, 9.17) is 9.47 Å². The quantitative estimate of drug-likeness (QED) is 0.220. The summed E-state index contributed by atoms with van der Waals surface area (Å²) in [4.78, 5) is 25.6. The topological polar surface area (TPSA) is 174 Å². The van der Waals surface area contributed by atoms with E-state index in [0.717, 1.165) is 38.5 Å². The van der Waals surface area contributed by atoms with E-state index in [1.165, 1.54) is 12.5 Å². The van der Waals surface area contributed by atoms with Gasteiger partial charge in [0.05, 0.1) is 23.7 Å². The maximum Gasteiger partial charge on any atom is 0.309 e. The number of aliphatic hydroxyl groups is 5. The van der Waals surface area contributed by atoms with Crippen molar-refractivity contribution in [1.82, 2.24) is 0 Å². The van der Waals surface area contributed by atoms with Gasteiger partial charge in [-0.25, -0.2) is 0 Å². The van der Waals surface area contributed by atoms with Crippen LogP contribution in [-0.4, -0.2) is 91.4 Å². The maximum atomic E-state index is 13.1. The van der Waals surface area contributed by atoms with Gasteiger partial charge < -0.3 is 40.1 Å². The van der Waals surface area contributed by atoms with Crippen LogP contribution in [0.3, 0.4) is 0 Å². The van der Waals surface area contributed by atoms with Crippen LogP contribution >= 0.6 is 0 Å². The predicted molar refractivity (Wildman–Crippen MR) is 181 cm³/mol. The third kappa shape index (κ3) is 5.27. The van der Waals surface area contributed by atoms with Crippen molar-refractivity contribution in [2.75, 3.05) is 0 Å². The Bertz CT molecular complexity index is 1370. The second kappa shape index (κ2) is 12.1. The van der Waals surface area contributed by atoms with Crippen molar-refractivity contribution in [2.45, 2.75) is 169 Å². The van der Waals surface area contributed by atoms with Gasteiger partial charge in [0, 0.05) is 11.8 Å². The first-order chi connectivity index (χ1) is 22.6. The molecule has 10 nitrogen and oxygen atoms in total. The van der Waals surface area contributed by atoms with Gasteiger partial charge in [0.25, 0.3) is 0 Å². The first-order valence-corrected chi connectivity index (χ1v) is 18.7. The summed E-state index contributed by atoms with van der Waals surface area (Å²) in [6.07, 6.45) is 0.169. The molecule has 0 bridgehead atoms. The minimum atomic E-state index is -1.56. The van der Waals surface area contributed by atoms with Crippen molar-refractivity contribution < 1.29 is 49.7 Å². The number of carboxylic acids is 1. The van der Waals surface area contributed by atoms with Crippen LogP contribution in [0.5, 0.6) is 0 Å². The SMILES string of the molecule is CC(=O)[C@@H](C[C@@]1(C)[C@H]2CC[C@]3(C)[C@H](CC=C4[C@H]5C[C@](C)(C(=O)O)CC[C@]5(C)CC[C@]43C)[C@@]2(C)[C@@H](O)C[C@@H]1O)O[C@H]1O[C@@H](C)[C@H](O)[C@@H](O)[C@@H]1O. The number of Topliss-reactive ketones (excluding diaryl/α,β-unsaturated/α-hetero) is 1. The monoisotopic (exact) mass is 690 g/mol. The second-order valence-corrected chi connectivity index (χ2v) is 18.8. The first-order valence-electron chi connectivity index (χ1n) is 18.7. The van der Waals surface area contributed by atoms with E-state index in [1.54, 1.807) is 6.92 Å². The van der Waals surface area contributed by atoms with Gasteiger partial charge >= 0.3 is 5.97 Å². The molecule has 278 valence electrons. The molecular weight excluding hydrogens is 628 g/mol. The summed E-state index contributed by atoms with van der Waals surface area (Å²) < 4.78 is 11.8. The summed E-state index contributed by atoms with van der Waals surface area (Å²) in [5.74, 6) is -0.871. The van der Waals surface area contributed by atoms with Gasteiger partial charge in [-0.2, -0.15) is 0 Å². The number of carboxylic acid groups (broad SMARTS) is 1. The summed E-state index contributed by atoms with van der Waals surface area (Å²) in [6, 6.07) is 0. The Balaban J connectivity index is 1.33. The molecule has 0 radical (unpaired) electrons. The van der Waals surface area contributed by atoms with Crippen molar-refractivity contribution in [3.63, 3.8) is 0 Å². The molecule has 10 heteroatoms. The van der Waals surface area contributed by atoms with Crippen molar-refractivity contribution in [3.8, 4) is 0 Å². The van der Waals surface area contributed by atoms with E-state index >= 15 is 0 Å². The fourth-order valence-electron chi connectivity index (χ4n) is 12.6. The van der Waals surface area contributed by atoms with E-state index in [0.29, 0.717) is 12.8 Å². The highest BCUT2D eigenvalue weighted by Gasteiger charge is 2.71. The molecule has 0 aromatic carbocycles. The van der Waals surface area contributed by atoms with Crippen molar-refractivity contribution in [2.24, 2.45) is 50.2 Å². The number of allylic oxidation sites excluding steroid dienone is 2. The predicted octanol–water partition coefficient (Wildman–Crippen LogP) is 4.38. The number of ether oxygens (including phenoxy) is 2. The number of ketones is 1. The molecule has 5 aliphatic carbocycles. The lowest BCUT2D eigenvalue weighted by molar-refractivity contribution is -0.307. The van der Waals surface area contributed by atoms with Crippen molar-refractivity contribution in [1.29, 1.82) is 0 Å². The molecular formula is C39H62O10. The van der Waals surface area contributed by atoms with Gasteiger partial charge in [-0.15, -0.1) is 0 Å². The molecule has 0 unspecified atom stereocenters. The summed E-state index contributed by atoms with van der Waals surface area (Å²) >= 11 is 0. The Morgan fingerprint density at radius 1 is 0.898 bits per heavy atom. The number of rotatable bonds is 6. The van der Waals surface area contributed by atoms with Gasteiger partial charge in [-0.3, -0.25) is 9.59 Å². The third-order valence-corrected chi connectivity index (χ3v) is 16.4. The van der Waals surface area contributed by atoms with Gasteiger partial charge in [0.2, 0.25) is 0 Å². The van der Waals surface area contributed by atoms with Gasteiger partial charge in [0.1, 0.15) is 24.4 Å². The fraction of sp³-hybridized carbons (Fsp3) is 0.897. The number of carbonyl (C=O) groups is 2. The highest BCUT2D eigenvalue weighted by Crippen LogP contribution is 2.76. The lowest BCUT2D eigenvalue weighted by Gasteiger charge is -2.72. The minimum absolute atomic E-state index is 0.0703. The van der Waals surface area contributed by atoms with Crippen LogP contribution in [0, 0.1) is 50.2 Å². The van der Waals surface area contributed by atoms with Crippen molar-refractivity contribution in [3.05, 3.63) is 11.6 Å². The van der Waals surface area contributed by atoms with Gasteiger partial charge in [-0.1, -0.05) is 46.3 Å². The zero-order chi connectivity index (χ0) is 36.3. The Kier molecular flexibility index (Phi) is 9.20. The van der Waals surface area contributed by atoms with Crippen LogP contribution in [0.15, 0.2) is 11.6 Å². The lowest BCUT2D eigenvalue weighted by Crippen LogP contribution is -2.69. The average Bonchev–Trinajstić information content (AvgIpc) is 3.02. The number of hydrogen-bond acceptors (Lipinski definition) is 9. The normalized spacial score (nSPS) is 54.8. The summed E-state index contributed by atoms with van der Waals surface area (Å²) in [5.41, 5.74) is -1.01. The molecule has 4 saturated carbocycles. The molecule has 1 aliphatic heterocycles. The van der Waals surface area contributed by atoms with E-state index in [2.05, 4.69) is 33.8 Å². The highest BCUT2D eigenvalue weighted by molar-refractivity contribution is 5.80. The molecule has 0 amide bonds. The molecule has 0 aromatic rings. The van der Waals surface area contributed by atoms with Crippen LogP contribution in [0.2, 0.25) is 0 Å². The molecule has 6 aliphatic rings. The zero-order valence-electron chi connectivity index (χ0n) is 30.8. The minimum Gasteiger partial charge on any atom is -0.481 e. The largest absolute Gasteiger partial charge is 0.481 e. The lowest BCUT2D eigenvalue weighted by atomic mass is 9.33. The van der Waals surface area contributed by atoms with Gasteiger partial charge in [-0.05, 0) is 118 Å². The number of hydrogen-bond donors (Lipinski definition) is 6. The molecule has 5 fully saturated rings. The standard InChI is InChI=1S/C39H62O10/c1-20(40)24(49-32-31(45)30(44)29(43)21(2)48-32)19-36(5)25-11-12-38(7)26(39(25,8)28(42)17-27(36)41)10-9-22-23-18-35(4,33(46)47)14-13-34(23,3)15-16-37(22,38)6/h9,21,23-32,41-45H,10-19H2,1-8H3,(H,46,47)/t21-,23+,24+,25+,26-,27-,28-,29-,30+,31-,32+,34+,35+,36-,37+,38+,39-/m0/s1. The van der Waals surface area contributed by atoms with Crippen LogP contribution in [0.4, 0.5) is 0 Å². The molecule has 1 heterocycles. The maximum absolute atomic E-state index is 13.1. The van der Waals surface area contributed by atoms with Crippen LogP contribution < -0.4 is 0 Å². The molecule has 0 spiro atoms. The van der Waals surface area contributed by atoms with Crippen LogP contribution in [0.25, 0.3) is 0 Å². The fourth-order valence-corrected chi connectivity index (χ4v) is 12.6. The van der Waals surface area contributed by atoms with E-state index in [-0.39, 0.29) is 52.6 Å². The Morgan fingerprint density at radius 3 is 2.18 bits per heavy atom. The highest BCUT2D eigenvalue weighted by atomic mass is 16.7. The Hall–Kier alpha value is -1.40. The molecule has 17 atom stereocenters. The second-order valence-electron chi connectivity index (χ2n) is 18.8. The summed E-state index contributed by atoms with van der Waals surface area (Å²) in [6.45, 7) is 16.2. The number of carbonyl (C=O) groups excluding carboxylic acids is 1. The summed E-state index contributed by atoms with van der Waals surface area (Å²) in [7, 11) is 0. The molecule has 49 heavy (non-hydrogen) atoms. The summed E-state index contributed by atoms with van der Waals surface area (Å²) in [5, 5.41) is 65.3. The first kappa shape index (κ1) is 37.4. The van der Waals surface area contributed by atoms with E-state index < -0.39 is 71.2 Å². The van der Waals surface area contributed by atoms with Crippen LogP contribution in [-0.2, 0) is 19.1 Å². The number of aliphatic hydroxyl groups excluding tert-OH is 5. The molecule has 0 aromatic heterocycles. The van der Waals surface area contributed by atoms with E-state index in [1.807, 2.05) is 13.8 Å². The Labute approximate surface area is 291 Å². The smallest absolute Gasteiger partial charge is 0.309 e. The average molecular weight is 691 g/mol. The number of aliphatic carboxylic acids is 1. The molecule has 1 saturated heterocycles.